The smallest absolute Gasteiger partial charge is 0.277 e. The molecule has 1 fully saturated rings. The second-order valence-electron chi connectivity index (χ2n) is 7.14. The third-order valence-corrected chi connectivity index (χ3v) is 5.97. The summed E-state index contributed by atoms with van der Waals surface area (Å²) in [4.78, 5) is 26.5. The highest BCUT2D eigenvalue weighted by Crippen LogP contribution is 2.32. The Kier molecular flexibility index (Phi) is 7.69. The Bertz CT molecular complexity index is 829. The van der Waals surface area contributed by atoms with Crippen molar-refractivity contribution in [3.8, 4) is 0 Å². The van der Waals surface area contributed by atoms with E-state index in [-0.39, 0.29) is 17.6 Å². The van der Waals surface area contributed by atoms with Gasteiger partial charge in [-0.1, -0.05) is 37.1 Å². The van der Waals surface area contributed by atoms with Crippen molar-refractivity contribution in [3.05, 3.63) is 35.7 Å². The zero-order valence-corrected chi connectivity index (χ0v) is 17.8. The quantitative estimate of drug-likeness (QED) is 0.645. The van der Waals surface area contributed by atoms with Crippen LogP contribution < -0.4 is 5.32 Å². The SMILES string of the molecule is CCN(CC)C(=O)c1cccc(NC(=O)CSc2nnc(C3CCCCC3)o2)c1. The normalized spacial score (nSPS) is 14.6. The standard InChI is InChI=1S/C21H28N4O3S/c1-3-25(4-2)20(27)16-11-8-12-17(13-16)22-18(26)14-29-21-24-23-19(28-21)15-9-6-5-7-10-15/h8,11-13,15H,3-7,9-10,14H2,1-2H3,(H,22,26). The van der Waals surface area contributed by atoms with E-state index in [2.05, 4.69) is 15.5 Å². The fourth-order valence-electron chi connectivity index (χ4n) is 3.54. The van der Waals surface area contributed by atoms with Crippen LogP contribution in [0.1, 0.15) is 68.1 Å². The van der Waals surface area contributed by atoms with E-state index in [1.54, 1.807) is 29.2 Å². The van der Waals surface area contributed by atoms with Gasteiger partial charge in [-0.2, -0.15) is 0 Å². The highest BCUT2D eigenvalue weighted by Gasteiger charge is 2.21. The van der Waals surface area contributed by atoms with E-state index >= 15 is 0 Å². The molecule has 1 heterocycles. The van der Waals surface area contributed by atoms with Gasteiger partial charge >= 0.3 is 0 Å². The van der Waals surface area contributed by atoms with Crippen molar-refractivity contribution >= 4 is 29.3 Å². The summed E-state index contributed by atoms with van der Waals surface area (Å²) < 4.78 is 5.74. The largest absolute Gasteiger partial charge is 0.416 e. The monoisotopic (exact) mass is 416 g/mol. The second-order valence-corrected chi connectivity index (χ2v) is 8.06. The number of nitrogens with one attached hydrogen (secondary N) is 1. The van der Waals surface area contributed by atoms with Gasteiger partial charge in [0.1, 0.15) is 0 Å². The van der Waals surface area contributed by atoms with Crippen LogP contribution in [0, 0.1) is 0 Å². The molecule has 0 aliphatic heterocycles. The van der Waals surface area contributed by atoms with E-state index in [0.717, 1.165) is 12.8 Å². The molecule has 2 amide bonds. The molecule has 0 spiro atoms. The molecule has 8 heteroatoms. The van der Waals surface area contributed by atoms with Crippen molar-refractivity contribution < 1.29 is 14.0 Å². The number of thioether (sulfide) groups is 1. The molecule has 0 bridgehead atoms. The van der Waals surface area contributed by atoms with E-state index in [4.69, 9.17) is 4.42 Å². The summed E-state index contributed by atoms with van der Waals surface area (Å²) in [5, 5.41) is 11.5. The van der Waals surface area contributed by atoms with Crippen LogP contribution in [-0.4, -0.2) is 45.8 Å². The number of amides is 2. The summed E-state index contributed by atoms with van der Waals surface area (Å²) in [5.41, 5.74) is 1.16. The third kappa shape index (κ3) is 5.82. The molecular weight excluding hydrogens is 388 g/mol. The molecule has 1 aromatic heterocycles. The average molecular weight is 417 g/mol. The molecule has 1 saturated carbocycles. The Morgan fingerprint density at radius 2 is 1.93 bits per heavy atom. The van der Waals surface area contributed by atoms with E-state index < -0.39 is 0 Å². The predicted molar refractivity (Wildman–Crippen MR) is 113 cm³/mol. The molecule has 156 valence electrons. The molecule has 7 nitrogen and oxygen atoms in total. The van der Waals surface area contributed by atoms with Crippen LogP contribution in [0.3, 0.4) is 0 Å². The number of hydrogen-bond donors (Lipinski definition) is 1. The Morgan fingerprint density at radius 1 is 1.17 bits per heavy atom. The molecule has 3 rings (SSSR count). The number of nitrogens with zero attached hydrogens (tertiary/aromatic N) is 3. The minimum Gasteiger partial charge on any atom is -0.416 e. The molecule has 0 atom stereocenters. The highest BCUT2D eigenvalue weighted by atomic mass is 32.2. The van der Waals surface area contributed by atoms with Crippen molar-refractivity contribution in [1.29, 1.82) is 0 Å². The number of aromatic nitrogens is 2. The summed E-state index contributed by atoms with van der Waals surface area (Å²) in [6, 6.07) is 7.01. The lowest BCUT2D eigenvalue weighted by Crippen LogP contribution is -2.30. The van der Waals surface area contributed by atoms with E-state index in [1.165, 1.54) is 31.0 Å². The first-order chi connectivity index (χ1) is 14.1. The summed E-state index contributed by atoms with van der Waals surface area (Å²) in [6.45, 7) is 5.19. The summed E-state index contributed by atoms with van der Waals surface area (Å²) >= 11 is 1.23. The predicted octanol–water partition coefficient (Wildman–Crippen LogP) is 4.33. The first-order valence-electron chi connectivity index (χ1n) is 10.3. The molecule has 0 saturated heterocycles. The van der Waals surface area contributed by atoms with Crippen molar-refractivity contribution in [3.63, 3.8) is 0 Å². The van der Waals surface area contributed by atoms with Gasteiger partial charge in [0, 0.05) is 30.3 Å². The Balaban J connectivity index is 1.53. The zero-order valence-electron chi connectivity index (χ0n) is 17.0. The van der Waals surface area contributed by atoms with Gasteiger partial charge in [-0.3, -0.25) is 9.59 Å². The second kappa shape index (κ2) is 10.4. The number of carbonyl (C=O) groups excluding carboxylic acids is 2. The van der Waals surface area contributed by atoms with Gasteiger partial charge in [-0.05, 0) is 44.9 Å². The lowest BCUT2D eigenvalue weighted by molar-refractivity contribution is -0.113. The molecule has 0 radical (unpaired) electrons. The fourth-order valence-corrected chi connectivity index (χ4v) is 4.11. The molecule has 1 N–H and O–H groups in total. The maximum atomic E-state index is 12.5. The van der Waals surface area contributed by atoms with Crippen LogP contribution in [0.2, 0.25) is 0 Å². The molecule has 2 aromatic rings. The summed E-state index contributed by atoms with van der Waals surface area (Å²) in [7, 11) is 0. The molecule has 1 aliphatic carbocycles. The fraction of sp³-hybridized carbons (Fsp3) is 0.524. The maximum absolute atomic E-state index is 12.5. The molecule has 29 heavy (non-hydrogen) atoms. The number of rotatable bonds is 8. The van der Waals surface area contributed by atoms with Crippen molar-refractivity contribution in [1.82, 2.24) is 15.1 Å². The van der Waals surface area contributed by atoms with Crippen LogP contribution in [0.25, 0.3) is 0 Å². The van der Waals surface area contributed by atoms with Crippen molar-refractivity contribution in [2.45, 2.75) is 57.1 Å². The van der Waals surface area contributed by atoms with Crippen LogP contribution >= 0.6 is 11.8 Å². The number of benzene rings is 1. The average Bonchev–Trinajstić information content (AvgIpc) is 3.23. The molecule has 0 unspecified atom stereocenters. The van der Waals surface area contributed by atoms with Gasteiger partial charge in [-0.15, -0.1) is 10.2 Å². The highest BCUT2D eigenvalue weighted by molar-refractivity contribution is 7.99. The maximum Gasteiger partial charge on any atom is 0.277 e. The lowest BCUT2D eigenvalue weighted by atomic mass is 9.89. The molecule has 1 aliphatic rings. The lowest BCUT2D eigenvalue weighted by Gasteiger charge is -2.19. The third-order valence-electron chi connectivity index (χ3n) is 5.15. The van der Waals surface area contributed by atoms with Crippen LogP contribution in [0.4, 0.5) is 5.69 Å². The Labute approximate surface area is 175 Å². The van der Waals surface area contributed by atoms with Crippen molar-refractivity contribution in [2.75, 3.05) is 24.2 Å². The van der Waals surface area contributed by atoms with Crippen molar-refractivity contribution in [2.24, 2.45) is 0 Å². The first kappa shape index (κ1) is 21.4. The molecule has 1 aromatic carbocycles. The van der Waals surface area contributed by atoms with E-state index in [9.17, 15) is 9.59 Å². The van der Waals surface area contributed by atoms with E-state index in [1.807, 2.05) is 13.8 Å². The number of hydrogen-bond acceptors (Lipinski definition) is 6. The van der Waals surface area contributed by atoms with E-state index in [0.29, 0.717) is 41.4 Å². The summed E-state index contributed by atoms with van der Waals surface area (Å²) in [6.07, 6.45) is 5.86. The minimum atomic E-state index is -0.181. The molecular formula is C21H28N4O3S. The van der Waals surface area contributed by atoms with Gasteiger partial charge in [0.25, 0.3) is 11.1 Å². The Hall–Kier alpha value is -2.35. The van der Waals surface area contributed by atoms with Gasteiger partial charge in [0.15, 0.2) is 0 Å². The van der Waals surface area contributed by atoms with Gasteiger partial charge in [0.05, 0.1) is 5.75 Å². The minimum absolute atomic E-state index is 0.0402. The van der Waals surface area contributed by atoms with Gasteiger partial charge in [-0.25, -0.2) is 0 Å². The Morgan fingerprint density at radius 3 is 2.66 bits per heavy atom. The van der Waals surface area contributed by atoms with Gasteiger partial charge < -0.3 is 14.6 Å². The van der Waals surface area contributed by atoms with Crippen LogP contribution in [0.5, 0.6) is 0 Å². The first-order valence-corrected chi connectivity index (χ1v) is 11.2. The number of carbonyl (C=O) groups is 2. The van der Waals surface area contributed by atoms with Crippen LogP contribution in [0.15, 0.2) is 33.9 Å². The van der Waals surface area contributed by atoms with Gasteiger partial charge in [0.2, 0.25) is 11.8 Å². The topological polar surface area (TPSA) is 88.3 Å². The summed E-state index contributed by atoms with van der Waals surface area (Å²) in [5.74, 6) is 0.989. The number of anilines is 1. The zero-order chi connectivity index (χ0) is 20.6. The van der Waals surface area contributed by atoms with Crippen LogP contribution in [-0.2, 0) is 4.79 Å².